The van der Waals surface area contributed by atoms with E-state index in [9.17, 15) is 0 Å². The van der Waals surface area contributed by atoms with Crippen molar-refractivity contribution in [2.24, 2.45) is 0 Å². The standard InChI is InChI=1S/C6H3N5S/c7-1-5(2-8)3-9-6-11-10-4-12-6/h3-4H,(H,9,11). The van der Waals surface area contributed by atoms with E-state index in [1.54, 1.807) is 17.6 Å². The molecule has 0 saturated carbocycles. The normalized spacial score (nSPS) is 7.83. The third-order valence-electron chi connectivity index (χ3n) is 0.941. The van der Waals surface area contributed by atoms with Gasteiger partial charge in [-0.25, -0.2) is 0 Å². The van der Waals surface area contributed by atoms with E-state index < -0.39 is 0 Å². The molecule has 5 nitrogen and oxygen atoms in total. The van der Waals surface area contributed by atoms with Gasteiger partial charge in [-0.2, -0.15) is 10.5 Å². The van der Waals surface area contributed by atoms with Crippen LogP contribution in [0.2, 0.25) is 0 Å². The molecule has 0 aromatic carbocycles. The summed E-state index contributed by atoms with van der Waals surface area (Å²) in [6.07, 6.45) is 1.29. The summed E-state index contributed by atoms with van der Waals surface area (Å²) >= 11 is 1.29. The van der Waals surface area contributed by atoms with E-state index >= 15 is 0 Å². The minimum atomic E-state index is 0.00481. The molecule has 58 valence electrons. The predicted molar refractivity (Wildman–Crippen MR) is 42.8 cm³/mol. The average molecular weight is 177 g/mol. The second-order valence-electron chi connectivity index (χ2n) is 1.67. The van der Waals surface area contributed by atoms with Crippen molar-refractivity contribution in [3.63, 3.8) is 0 Å². The van der Waals surface area contributed by atoms with Gasteiger partial charge < -0.3 is 5.32 Å². The Morgan fingerprint density at radius 2 is 2.33 bits per heavy atom. The van der Waals surface area contributed by atoms with Crippen LogP contribution in [0.1, 0.15) is 0 Å². The predicted octanol–water partition coefficient (Wildman–Crippen LogP) is 0.881. The number of aromatic nitrogens is 2. The van der Waals surface area contributed by atoms with Crippen LogP contribution in [0.25, 0.3) is 0 Å². The lowest BCUT2D eigenvalue weighted by Gasteiger charge is -1.88. The summed E-state index contributed by atoms with van der Waals surface area (Å²) in [5.41, 5.74) is 1.56. The van der Waals surface area contributed by atoms with Crippen LogP contribution >= 0.6 is 11.3 Å². The molecule has 0 amide bonds. The zero-order valence-electron chi connectivity index (χ0n) is 5.85. The van der Waals surface area contributed by atoms with Gasteiger partial charge in [0.2, 0.25) is 5.13 Å². The number of anilines is 1. The molecular weight excluding hydrogens is 174 g/mol. The zero-order chi connectivity index (χ0) is 8.81. The minimum Gasteiger partial charge on any atom is -0.335 e. The fourth-order valence-corrected chi connectivity index (χ4v) is 0.875. The maximum absolute atomic E-state index is 8.34. The molecule has 1 aromatic rings. The molecule has 0 aliphatic carbocycles. The van der Waals surface area contributed by atoms with E-state index in [0.717, 1.165) is 0 Å². The largest absolute Gasteiger partial charge is 0.335 e. The van der Waals surface area contributed by atoms with Crippen LogP contribution in [-0.2, 0) is 0 Å². The van der Waals surface area contributed by atoms with Crippen LogP contribution in [0.3, 0.4) is 0 Å². The van der Waals surface area contributed by atoms with Gasteiger partial charge in [0.15, 0.2) is 0 Å². The fraction of sp³-hybridized carbons (Fsp3) is 0. The van der Waals surface area contributed by atoms with Crippen molar-refractivity contribution in [2.75, 3.05) is 5.32 Å². The van der Waals surface area contributed by atoms with Gasteiger partial charge in [0.05, 0.1) is 0 Å². The first-order valence-electron chi connectivity index (χ1n) is 2.90. The molecule has 0 unspecified atom stereocenters. The van der Waals surface area contributed by atoms with Crippen molar-refractivity contribution < 1.29 is 0 Å². The summed E-state index contributed by atoms with van der Waals surface area (Å²) in [6, 6.07) is 3.42. The molecule has 0 spiro atoms. The van der Waals surface area contributed by atoms with Crippen molar-refractivity contribution >= 4 is 16.5 Å². The number of hydrogen-bond donors (Lipinski definition) is 1. The summed E-state index contributed by atoms with van der Waals surface area (Å²) in [4.78, 5) is 0. The molecule has 1 rings (SSSR count). The molecule has 0 fully saturated rings. The lowest BCUT2D eigenvalue weighted by Crippen LogP contribution is -1.88. The van der Waals surface area contributed by atoms with E-state index in [2.05, 4.69) is 15.5 Å². The van der Waals surface area contributed by atoms with Crippen LogP contribution in [0.5, 0.6) is 0 Å². The third kappa shape index (κ3) is 2.04. The maximum atomic E-state index is 8.34. The molecule has 1 heterocycles. The first-order valence-corrected chi connectivity index (χ1v) is 3.78. The van der Waals surface area contributed by atoms with Crippen molar-refractivity contribution in [2.45, 2.75) is 0 Å². The Bertz CT molecular complexity index is 336. The van der Waals surface area contributed by atoms with Crippen molar-refractivity contribution in [1.82, 2.24) is 10.2 Å². The molecule has 0 radical (unpaired) electrons. The number of rotatable bonds is 2. The molecular formula is C6H3N5S. The zero-order valence-corrected chi connectivity index (χ0v) is 6.67. The van der Waals surface area contributed by atoms with Crippen LogP contribution in [0.15, 0.2) is 17.3 Å². The lowest BCUT2D eigenvalue weighted by molar-refractivity contribution is 1.09. The molecule has 6 heteroatoms. The smallest absolute Gasteiger partial charge is 0.209 e. The van der Waals surface area contributed by atoms with Gasteiger partial charge >= 0.3 is 0 Å². The number of nitriles is 2. The fourth-order valence-electron chi connectivity index (χ4n) is 0.459. The van der Waals surface area contributed by atoms with E-state index in [-0.39, 0.29) is 5.57 Å². The van der Waals surface area contributed by atoms with Crippen LogP contribution in [0.4, 0.5) is 5.13 Å². The molecule has 12 heavy (non-hydrogen) atoms. The second-order valence-corrected chi connectivity index (χ2v) is 2.50. The first-order chi connectivity index (χ1) is 5.86. The van der Waals surface area contributed by atoms with Gasteiger partial charge in [0, 0.05) is 6.20 Å². The molecule has 0 saturated heterocycles. The summed E-state index contributed by atoms with van der Waals surface area (Å²) in [7, 11) is 0. The second kappa shape index (κ2) is 4.06. The number of nitrogens with one attached hydrogen (secondary N) is 1. The number of hydrogen-bond acceptors (Lipinski definition) is 6. The number of nitrogens with zero attached hydrogens (tertiary/aromatic N) is 4. The van der Waals surface area contributed by atoms with Crippen LogP contribution < -0.4 is 5.32 Å². The molecule has 1 N–H and O–H groups in total. The van der Waals surface area contributed by atoms with E-state index in [1.807, 2.05) is 0 Å². The molecule has 1 aromatic heterocycles. The topological polar surface area (TPSA) is 85.4 Å². The Morgan fingerprint density at radius 1 is 1.58 bits per heavy atom. The molecule has 0 aliphatic rings. The molecule has 0 bridgehead atoms. The van der Waals surface area contributed by atoms with Gasteiger partial charge in [0.1, 0.15) is 23.2 Å². The van der Waals surface area contributed by atoms with E-state index in [4.69, 9.17) is 10.5 Å². The van der Waals surface area contributed by atoms with Gasteiger partial charge in [-0.15, -0.1) is 10.2 Å². The molecule has 0 aliphatic heterocycles. The third-order valence-corrected chi connectivity index (χ3v) is 1.56. The Hall–Kier alpha value is -1.92. The van der Waals surface area contributed by atoms with Crippen molar-refractivity contribution in [1.29, 1.82) is 10.5 Å². The monoisotopic (exact) mass is 177 g/mol. The Labute approximate surface area is 72.6 Å². The maximum Gasteiger partial charge on any atom is 0.209 e. The highest BCUT2D eigenvalue weighted by Crippen LogP contribution is 2.07. The van der Waals surface area contributed by atoms with Crippen LogP contribution in [-0.4, -0.2) is 10.2 Å². The van der Waals surface area contributed by atoms with Crippen molar-refractivity contribution in [3.8, 4) is 12.1 Å². The van der Waals surface area contributed by atoms with Gasteiger partial charge in [-0.3, -0.25) is 0 Å². The Kier molecular flexibility index (Phi) is 2.77. The molecule has 0 atom stereocenters. The quantitative estimate of drug-likeness (QED) is 0.678. The SMILES string of the molecule is N#CC(C#N)=CNc1nncs1. The van der Waals surface area contributed by atoms with Gasteiger partial charge in [-0.05, 0) is 0 Å². The summed E-state index contributed by atoms with van der Waals surface area (Å²) in [6.45, 7) is 0. The van der Waals surface area contributed by atoms with Gasteiger partial charge in [-0.1, -0.05) is 11.3 Å². The average Bonchev–Trinajstić information content (AvgIpc) is 2.59. The highest BCUT2D eigenvalue weighted by atomic mass is 32.1. The summed E-state index contributed by atoms with van der Waals surface area (Å²) in [5.74, 6) is 0. The van der Waals surface area contributed by atoms with Crippen molar-refractivity contribution in [3.05, 3.63) is 17.3 Å². The first kappa shape index (κ1) is 8.18. The summed E-state index contributed by atoms with van der Waals surface area (Å²) < 4.78 is 0. The number of allylic oxidation sites excluding steroid dienone is 1. The highest BCUT2D eigenvalue weighted by molar-refractivity contribution is 7.13. The van der Waals surface area contributed by atoms with Gasteiger partial charge in [0.25, 0.3) is 0 Å². The highest BCUT2D eigenvalue weighted by Gasteiger charge is 1.93. The summed E-state index contributed by atoms with van der Waals surface area (Å²) in [5, 5.41) is 27.1. The Morgan fingerprint density at radius 3 is 2.83 bits per heavy atom. The van der Waals surface area contributed by atoms with E-state index in [1.165, 1.54) is 17.5 Å². The Balaban J connectivity index is 2.63. The lowest BCUT2D eigenvalue weighted by atomic mass is 10.4. The minimum absolute atomic E-state index is 0.00481. The van der Waals surface area contributed by atoms with E-state index in [0.29, 0.717) is 5.13 Å². The van der Waals surface area contributed by atoms with Crippen LogP contribution in [0, 0.1) is 22.7 Å².